The minimum atomic E-state index is -0.589. The number of urea groups is 1. The van der Waals surface area contributed by atoms with E-state index in [9.17, 15) is 14.4 Å². The molecule has 2 N–H and O–H groups in total. The summed E-state index contributed by atoms with van der Waals surface area (Å²) < 4.78 is 11.8. The van der Waals surface area contributed by atoms with Gasteiger partial charge in [-0.25, -0.2) is 4.79 Å². The molecule has 2 fully saturated rings. The Morgan fingerprint density at radius 2 is 2.14 bits per heavy atom. The van der Waals surface area contributed by atoms with E-state index in [1.807, 2.05) is 6.92 Å². The lowest BCUT2D eigenvalue weighted by atomic mass is 9.90. The van der Waals surface area contributed by atoms with Crippen LogP contribution in [0.4, 0.5) is 4.79 Å². The molecule has 3 rings (SSSR count). The van der Waals surface area contributed by atoms with Crippen LogP contribution >= 0.6 is 15.9 Å². The number of carbonyl (C=O) groups is 3. The minimum Gasteiger partial charge on any atom is -0.493 e. The lowest BCUT2D eigenvalue weighted by molar-refractivity contribution is -0.121. The predicted octanol–water partition coefficient (Wildman–Crippen LogP) is 2.31. The van der Waals surface area contributed by atoms with Gasteiger partial charge in [-0.15, -0.1) is 0 Å². The Bertz CT molecular complexity index is 785. The second kappa shape index (κ2) is 8.81. The molecule has 0 unspecified atom stereocenters. The molecule has 2 aliphatic heterocycles. The maximum absolute atomic E-state index is 13.1. The Morgan fingerprint density at radius 3 is 2.79 bits per heavy atom. The molecule has 2 saturated heterocycles. The summed E-state index contributed by atoms with van der Waals surface area (Å²) in [6.07, 6.45) is 2.40. The quantitative estimate of drug-likeness (QED) is 0.644. The van der Waals surface area contributed by atoms with Gasteiger partial charge in [0, 0.05) is 24.6 Å². The SMILES string of the molecule is CCCOc1c(Br)cc(C(=O)N2CCC[C@@H]([C@H]3NC(=O)NC3=O)C2)cc1OC. The van der Waals surface area contributed by atoms with Crippen molar-refractivity contribution in [3.63, 3.8) is 0 Å². The van der Waals surface area contributed by atoms with Crippen molar-refractivity contribution < 1.29 is 23.9 Å². The van der Waals surface area contributed by atoms with Gasteiger partial charge in [0.2, 0.25) is 0 Å². The summed E-state index contributed by atoms with van der Waals surface area (Å²) in [6, 6.07) is 2.33. The van der Waals surface area contributed by atoms with Crippen LogP contribution < -0.4 is 20.1 Å². The molecule has 0 radical (unpaired) electrons. The number of nitrogens with zero attached hydrogens (tertiary/aromatic N) is 1. The highest BCUT2D eigenvalue weighted by molar-refractivity contribution is 9.10. The summed E-state index contributed by atoms with van der Waals surface area (Å²) in [4.78, 5) is 38.1. The van der Waals surface area contributed by atoms with Gasteiger partial charge in [0.05, 0.1) is 18.2 Å². The Morgan fingerprint density at radius 1 is 1.36 bits per heavy atom. The van der Waals surface area contributed by atoms with Crippen molar-refractivity contribution in [1.29, 1.82) is 0 Å². The largest absolute Gasteiger partial charge is 0.493 e. The fourth-order valence-corrected chi connectivity index (χ4v) is 4.16. The highest BCUT2D eigenvalue weighted by Gasteiger charge is 2.39. The van der Waals surface area contributed by atoms with E-state index in [1.165, 1.54) is 7.11 Å². The van der Waals surface area contributed by atoms with Crippen molar-refractivity contribution in [1.82, 2.24) is 15.5 Å². The zero-order valence-electron chi connectivity index (χ0n) is 15.9. The number of nitrogens with one attached hydrogen (secondary N) is 2. The highest BCUT2D eigenvalue weighted by Crippen LogP contribution is 2.37. The first-order valence-electron chi connectivity index (χ1n) is 9.35. The fraction of sp³-hybridized carbons (Fsp3) is 0.526. The van der Waals surface area contributed by atoms with Crippen LogP contribution in [0.3, 0.4) is 0 Å². The van der Waals surface area contributed by atoms with Crippen molar-refractivity contribution >= 4 is 33.8 Å². The van der Waals surface area contributed by atoms with E-state index >= 15 is 0 Å². The standard InChI is InChI=1S/C19H24BrN3O5/c1-3-7-28-16-13(20)8-12(9-14(16)27-2)18(25)23-6-4-5-11(10-23)15-17(24)22-19(26)21-15/h8-9,11,15H,3-7,10H2,1-2H3,(H2,21,22,24,26)/t11-,15-/m1/s1. The van der Waals surface area contributed by atoms with Gasteiger partial charge in [0.15, 0.2) is 11.5 Å². The van der Waals surface area contributed by atoms with Gasteiger partial charge in [-0.05, 0) is 47.3 Å². The highest BCUT2D eigenvalue weighted by atomic mass is 79.9. The molecule has 8 nitrogen and oxygen atoms in total. The summed E-state index contributed by atoms with van der Waals surface area (Å²) in [6.45, 7) is 3.57. The molecule has 2 heterocycles. The average molecular weight is 454 g/mol. The third kappa shape index (κ3) is 4.24. The Hall–Kier alpha value is -2.29. The van der Waals surface area contributed by atoms with Crippen LogP contribution in [-0.2, 0) is 4.79 Å². The van der Waals surface area contributed by atoms with E-state index in [0.717, 1.165) is 19.3 Å². The molecule has 0 aliphatic carbocycles. The lowest BCUT2D eigenvalue weighted by Gasteiger charge is -2.34. The van der Waals surface area contributed by atoms with Crippen LogP contribution in [0.15, 0.2) is 16.6 Å². The summed E-state index contributed by atoms with van der Waals surface area (Å²) >= 11 is 3.47. The number of rotatable bonds is 6. The second-order valence-corrected chi connectivity index (χ2v) is 7.79. The number of hydrogen-bond donors (Lipinski definition) is 2. The van der Waals surface area contributed by atoms with Crippen molar-refractivity contribution in [3.05, 3.63) is 22.2 Å². The number of benzene rings is 1. The summed E-state index contributed by atoms with van der Waals surface area (Å²) in [5.41, 5.74) is 0.480. The molecule has 28 heavy (non-hydrogen) atoms. The van der Waals surface area contributed by atoms with Gasteiger partial charge in [0.25, 0.3) is 11.8 Å². The van der Waals surface area contributed by atoms with Gasteiger partial charge >= 0.3 is 6.03 Å². The molecule has 2 atom stereocenters. The second-order valence-electron chi connectivity index (χ2n) is 6.93. The van der Waals surface area contributed by atoms with Crippen molar-refractivity contribution in [2.45, 2.75) is 32.2 Å². The van der Waals surface area contributed by atoms with Crippen molar-refractivity contribution in [2.75, 3.05) is 26.8 Å². The molecule has 0 saturated carbocycles. The lowest BCUT2D eigenvalue weighted by Crippen LogP contribution is -2.48. The number of imide groups is 1. The zero-order valence-corrected chi connectivity index (χ0v) is 17.5. The van der Waals surface area contributed by atoms with Crippen LogP contribution in [0, 0.1) is 5.92 Å². The third-order valence-corrected chi connectivity index (χ3v) is 5.54. The number of piperidine rings is 1. The first kappa shape index (κ1) is 20.4. The van der Waals surface area contributed by atoms with E-state index in [-0.39, 0.29) is 17.7 Å². The molecule has 0 bridgehead atoms. The third-order valence-electron chi connectivity index (χ3n) is 4.95. The molecule has 0 aromatic heterocycles. The van der Waals surface area contributed by atoms with E-state index in [1.54, 1.807) is 17.0 Å². The van der Waals surface area contributed by atoms with Crippen LogP contribution in [0.2, 0.25) is 0 Å². The Balaban J connectivity index is 1.76. The molecular formula is C19H24BrN3O5. The van der Waals surface area contributed by atoms with Gasteiger partial charge in [-0.1, -0.05) is 6.92 Å². The van der Waals surface area contributed by atoms with Gasteiger partial charge in [0.1, 0.15) is 6.04 Å². The van der Waals surface area contributed by atoms with Gasteiger partial charge < -0.3 is 19.7 Å². The molecule has 4 amide bonds. The number of amides is 4. The van der Waals surface area contributed by atoms with E-state index in [0.29, 0.717) is 41.2 Å². The normalized spacial score (nSPS) is 21.9. The topological polar surface area (TPSA) is 97.0 Å². The Labute approximate surface area is 172 Å². The molecular weight excluding hydrogens is 430 g/mol. The van der Waals surface area contributed by atoms with E-state index in [4.69, 9.17) is 9.47 Å². The van der Waals surface area contributed by atoms with Crippen LogP contribution in [0.5, 0.6) is 11.5 Å². The first-order chi connectivity index (χ1) is 13.4. The number of likely N-dealkylation sites (tertiary alicyclic amines) is 1. The number of hydrogen-bond acceptors (Lipinski definition) is 5. The smallest absolute Gasteiger partial charge is 0.322 e. The summed E-state index contributed by atoms with van der Waals surface area (Å²) in [7, 11) is 1.53. The minimum absolute atomic E-state index is 0.110. The Kier molecular flexibility index (Phi) is 6.43. The monoisotopic (exact) mass is 453 g/mol. The van der Waals surface area contributed by atoms with E-state index < -0.39 is 12.1 Å². The van der Waals surface area contributed by atoms with Gasteiger partial charge in [-0.3, -0.25) is 14.9 Å². The zero-order chi connectivity index (χ0) is 20.3. The molecule has 0 spiro atoms. The number of ether oxygens (including phenoxy) is 2. The molecule has 9 heteroatoms. The van der Waals surface area contributed by atoms with Crippen molar-refractivity contribution in [2.24, 2.45) is 5.92 Å². The summed E-state index contributed by atoms with van der Waals surface area (Å²) in [5.74, 6) is 0.480. The van der Waals surface area contributed by atoms with Gasteiger partial charge in [-0.2, -0.15) is 0 Å². The molecule has 152 valence electrons. The molecule has 1 aromatic carbocycles. The fourth-order valence-electron chi connectivity index (χ4n) is 3.60. The molecule has 2 aliphatic rings. The number of carbonyl (C=O) groups excluding carboxylic acids is 3. The van der Waals surface area contributed by atoms with Crippen molar-refractivity contribution in [3.8, 4) is 11.5 Å². The van der Waals surface area contributed by atoms with Crippen LogP contribution in [0.25, 0.3) is 0 Å². The van der Waals surface area contributed by atoms with Crippen LogP contribution in [0.1, 0.15) is 36.5 Å². The maximum atomic E-state index is 13.1. The predicted molar refractivity (Wildman–Crippen MR) is 106 cm³/mol. The first-order valence-corrected chi connectivity index (χ1v) is 10.1. The van der Waals surface area contributed by atoms with Crippen LogP contribution in [-0.4, -0.2) is 55.6 Å². The number of methoxy groups -OCH3 is 1. The maximum Gasteiger partial charge on any atom is 0.322 e. The number of halogens is 1. The van der Waals surface area contributed by atoms with E-state index in [2.05, 4.69) is 26.6 Å². The molecule has 1 aromatic rings. The summed E-state index contributed by atoms with van der Waals surface area (Å²) in [5, 5.41) is 4.90. The average Bonchev–Trinajstić information content (AvgIpc) is 3.04.